The van der Waals surface area contributed by atoms with Crippen molar-refractivity contribution in [3.05, 3.63) is 0 Å². The lowest BCUT2D eigenvalue weighted by Gasteiger charge is -2.32. The Morgan fingerprint density at radius 1 is 1.31 bits per heavy atom. The molecule has 0 bridgehead atoms. The van der Waals surface area contributed by atoms with Crippen LogP contribution < -0.4 is 0 Å². The minimum absolute atomic E-state index is 0.0222. The fraction of sp³-hybridized carbons (Fsp3) is 0.900. The molecule has 0 rings (SSSR count). The molecule has 0 aromatic carbocycles. The lowest BCUT2D eigenvalue weighted by Crippen LogP contribution is -2.38. The van der Waals surface area contributed by atoms with Crippen molar-refractivity contribution in [2.24, 2.45) is 11.8 Å². The third-order valence-electron chi connectivity index (χ3n) is 2.29. The predicted molar refractivity (Wildman–Crippen MR) is 51.5 cm³/mol. The highest BCUT2D eigenvalue weighted by atomic mass is 16.4. The van der Waals surface area contributed by atoms with E-state index in [1.165, 1.54) is 0 Å². The second kappa shape index (κ2) is 4.61. The molecule has 0 aliphatic heterocycles. The summed E-state index contributed by atoms with van der Waals surface area (Å²) in [5.74, 6) is -0.644. The van der Waals surface area contributed by atoms with Gasteiger partial charge in [-0.15, -0.1) is 0 Å². The van der Waals surface area contributed by atoms with Gasteiger partial charge in [0.2, 0.25) is 0 Å². The topological polar surface area (TPSA) is 57.5 Å². The van der Waals surface area contributed by atoms with E-state index in [2.05, 4.69) is 0 Å². The zero-order valence-electron chi connectivity index (χ0n) is 8.87. The maximum atomic E-state index is 10.5. The van der Waals surface area contributed by atoms with Gasteiger partial charge in [0.05, 0.1) is 12.0 Å². The molecule has 0 saturated carbocycles. The zero-order chi connectivity index (χ0) is 10.6. The molecule has 0 heterocycles. The molecule has 2 N–H and O–H groups in total. The zero-order valence-corrected chi connectivity index (χ0v) is 8.87. The first-order chi connectivity index (χ1) is 5.78. The highest BCUT2D eigenvalue weighted by Crippen LogP contribution is 2.28. The summed E-state index contributed by atoms with van der Waals surface area (Å²) in [5, 5.41) is 18.7. The summed E-state index contributed by atoms with van der Waals surface area (Å²) < 4.78 is 0. The van der Waals surface area contributed by atoms with Gasteiger partial charge >= 0.3 is 5.97 Å². The van der Waals surface area contributed by atoms with E-state index >= 15 is 0 Å². The Balaban J connectivity index is 4.43. The molecule has 0 aliphatic rings. The molecule has 3 nitrogen and oxygen atoms in total. The van der Waals surface area contributed by atoms with Gasteiger partial charge in [-0.3, -0.25) is 4.79 Å². The average Bonchev–Trinajstić information content (AvgIpc) is 1.82. The van der Waals surface area contributed by atoms with Crippen molar-refractivity contribution in [3.63, 3.8) is 0 Å². The third kappa shape index (κ3) is 4.27. The summed E-state index contributed by atoms with van der Waals surface area (Å²) in [6.45, 7) is 7.67. The number of hydrogen-bond acceptors (Lipinski definition) is 2. The Hall–Kier alpha value is -0.570. The van der Waals surface area contributed by atoms with Gasteiger partial charge in [0.1, 0.15) is 0 Å². The Morgan fingerprint density at radius 2 is 1.77 bits per heavy atom. The number of carbonyl (C=O) groups is 1. The minimum Gasteiger partial charge on any atom is -0.481 e. The molecule has 1 atom stereocenters. The number of carboxylic acid groups (broad SMARTS) is 1. The maximum Gasteiger partial charge on any atom is 0.306 e. The van der Waals surface area contributed by atoms with Crippen molar-refractivity contribution in [2.75, 3.05) is 0 Å². The third-order valence-corrected chi connectivity index (χ3v) is 2.29. The van der Waals surface area contributed by atoms with Crippen LogP contribution in [0.5, 0.6) is 0 Å². The molecule has 0 aromatic rings. The Labute approximate surface area is 79.8 Å². The van der Waals surface area contributed by atoms with Gasteiger partial charge in [-0.2, -0.15) is 0 Å². The molecule has 0 saturated heterocycles. The SMILES string of the molecule is CC(C)CC(O)(CC(=O)O)C(C)C. The average molecular weight is 188 g/mol. The summed E-state index contributed by atoms with van der Waals surface area (Å²) in [7, 11) is 0. The lowest BCUT2D eigenvalue weighted by atomic mass is 9.80. The van der Waals surface area contributed by atoms with E-state index in [-0.39, 0.29) is 12.3 Å². The fourth-order valence-electron chi connectivity index (χ4n) is 1.48. The first kappa shape index (κ1) is 12.4. The van der Waals surface area contributed by atoms with Crippen LogP contribution in [0, 0.1) is 11.8 Å². The van der Waals surface area contributed by atoms with Crippen LogP contribution >= 0.6 is 0 Å². The molecule has 0 aliphatic carbocycles. The van der Waals surface area contributed by atoms with Crippen LogP contribution in [-0.4, -0.2) is 21.8 Å². The minimum atomic E-state index is -1.06. The Morgan fingerprint density at radius 3 is 2.00 bits per heavy atom. The largest absolute Gasteiger partial charge is 0.481 e. The van der Waals surface area contributed by atoms with Gasteiger partial charge in [-0.05, 0) is 18.3 Å². The van der Waals surface area contributed by atoms with Crippen molar-refractivity contribution in [1.82, 2.24) is 0 Å². The van der Waals surface area contributed by atoms with Crippen LogP contribution in [0.2, 0.25) is 0 Å². The van der Waals surface area contributed by atoms with Crippen LogP contribution in [0.1, 0.15) is 40.5 Å². The molecule has 1 unspecified atom stereocenters. The van der Waals surface area contributed by atoms with E-state index < -0.39 is 11.6 Å². The lowest BCUT2D eigenvalue weighted by molar-refractivity contribution is -0.145. The van der Waals surface area contributed by atoms with E-state index in [0.717, 1.165) is 0 Å². The molecule has 3 heteroatoms. The molecule has 0 radical (unpaired) electrons. The Bertz CT molecular complexity index is 175. The summed E-state index contributed by atoms with van der Waals surface area (Å²) in [6.07, 6.45) is 0.375. The molecule has 78 valence electrons. The monoisotopic (exact) mass is 188 g/mol. The highest BCUT2D eigenvalue weighted by Gasteiger charge is 2.34. The standard InChI is InChI=1S/C10H20O3/c1-7(2)5-10(13,8(3)4)6-9(11)12/h7-8,13H,5-6H2,1-4H3,(H,11,12). The number of aliphatic carboxylic acids is 1. The molecule has 0 fully saturated rings. The molecular weight excluding hydrogens is 168 g/mol. The summed E-state index contributed by atoms with van der Waals surface area (Å²) in [5.41, 5.74) is -1.06. The smallest absolute Gasteiger partial charge is 0.306 e. The van der Waals surface area contributed by atoms with Crippen LogP contribution in [0.25, 0.3) is 0 Å². The fourth-order valence-corrected chi connectivity index (χ4v) is 1.48. The number of rotatable bonds is 5. The normalized spacial score (nSPS) is 16.2. The van der Waals surface area contributed by atoms with Crippen LogP contribution in [0.15, 0.2) is 0 Å². The van der Waals surface area contributed by atoms with E-state index in [0.29, 0.717) is 12.3 Å². The summed E-state index contributed by atoms with van der Waals surface area (Å²) in [6, 6.07) is 0. The van der Waals surface area contributed by atoms with Crippen molar-refractivity contribution < 1.29 is 15.0 Å². The summed E-state index contributed by atoms with van der Waals surface area (Å²) >= 11 is 0. The van der Waals surface area contributed by atoms with Crippen LogP contribution in [0.3, 0.4) is 0 Å². The molecule has 0 amide bonds. The predicted octanol–water partition coefficient (Wildman–Crippen LogP) is 1.89. The van der Waals surface area contributed by atoms with Crippen molar-refractivity contribution in [1.29, 1.82) is 0 Å². The van der Waals surface area contributed by atoms with Crippen molar-refractivity contribution >= 4 is 5.97 Å². The van der Waals surface area contributed by atoms with Gasteiger partial charge in [0, 0.05) is 0 Å². The first-order valence-electron chi connectivity index (χ1n) is 4.72. The van der Waals surface area contributed by atoms with Gasteiger partial charge in [0.25, 0.3) is 0 Å². The number of carboxylic acids is 1. The van der Waals surface area contributed by atoms with Crippen LogP contribution in [-0.2, 0) is 4.79 Å². The van der Waals surface area contributed by atoms with Gasteiger partial charge in [0.15, 0.2) is 0 Å². The van der Waals surface area contributed by atoms with Crippen molar-refractivity contribution in [2.45, 2.75) is 46.1 Å². The quantitative estimate of drug-likeness (QED) is 0.692. The molecule has 0 spiro atoms. The summed E-state index contributed by atoms with van der Waals surface area (Å²) in [4.78, 5) is 10.5. The van der Waals surface area contributed by atoms with E-state index in [9.17, 15) is 9.90 Å². The van der Waals surface area contributed by atoms with Gasteiger partial charge in [-0.25, -0.2) is 0 Å². The first-order valence-corrected chi connectivity index (χ1v) is 4.72. The number of hydrogen-bond donors (Lipinski definition) is 2. The highest BCUT2D eigenvalue weighted by molar-refractivity contribution is 5.68. The maximum absolute atomic E-state index is 10.5. The second-order valence-electron chi connectivity index (χ2n) is 4.43. The van der Waals surface area contributed by atoms with Crippen molar-refractivity contribution in [3.8, 4) is 0 Å². The van der Waals surface area contributed by atoms with E-state index in [1.54, 1.807) is 0 Å². The van der Waals surface area contributed by atoms with Gasteiger partial charge < -0.3 is 10.2 Å². The van der Waals surface area contributed by atoms with Gasteiger partial charge in [-0.1, -0.05) is 27.7 Å². The second-order valence-corrected chi connectivity index (χ2v) is 4.43. The number of aliphatic hydroxyl groups is 1. The van der Waals surface area contributed by atoms with E-state index in [1.807, 2.05) is 27.7 Å². The Kier molecular flexibility index (Phi) is 4.40. The van der Waals surface area contributed by atoms with Crippen LogP contribution in [0.4, 0.5) is 0 Å². The molecule has 0 aromatic heterocycles. The molecular formula is C10H20O3. The molecule has 13 heavy (non-hydrogen) atoms. The van der Waals surface area contributed by atoms with E-state index in [4.69, 9.17) is 5.11 Å².